The summed E-state index contributed by atoms with van der Waals surface area (Å²) in [7, 11) is 0. The fourth-order valence-electron chi connectivity index (χ4n) is 2.01. The molecule has 2 nitrogen and oxygen atoms in total. The Morgan fingerprint density at radius 3 is 2.46 bits per heavy atom. The zero-order valence-electron chi connectivity index (χ0n) is 9.13. The molecule has 1 unspecified atom stereocenters. The predicted molar refractivity (Wildman–Crippen MR) is 57.7 cm³/mol. The minimum atomic E-state index is 0.732. The standard InChI is InChI=1S/C11H24N2/c1-3-11(7-8-12)13(4-2)9-10-5-6-10/h10-11H,3-9,12H2,1-2H3. The second-order valence-electron chi connectivity index (χ2n) is 4.17. The topological polar surface area (TPSA) is 29.3 Å². The largest absolute Gasteiger partial charge is 0.330 e. The Morgan fingerprint density at radius 2 is 2.08 bits per heavy atom. The molecule has 0 aromatic rings. The van der Waals surface area contributed by atoms with Crippen LogP contribution in [0.5, 0.6) is 0 Å². The summed E-state index contributed by atoms with van der Waals surface area (Å²) in [6.07, 6.45) is 5.32. The molecule has 13 heavy (non-hydrogen) atoms. The number of rotatable bonds is 7. The lowest BCUT2D eigenvalue weighted by atomic mass is 10.1. The smallest absolute Gasteiger partial charge is 0.0105 e. The lowest BCUT2D eigenvalue weighted by molar-refractivity contribution is 0.185. The molecule has 0 aromatic carbocycles. The molecular formula is C11H24N2. The van der Waals surface area contributed by atoms with Crippen molar-refractivity contribution >= 4 is 0 Å². The molecule has 2 heteroatoms. The first kappa shape index (κ1) is 11.0. The van der Waals surface area contributed by atoms with Crippen molar-refractivity contribution in [1.82, 2.24) is 4.90 Å². The SMILES string of the molecule is CCC(CCN)N(CC)CC1CC1. The van der Waals surface area contributed by atoms with Gasteiger partial charge in [0, 0.05) is 12.6 Å². The molecule has 1 rings (SSSR count). The van der Waals surface area contributed by atoms with E-state index >= 15 is 0 Å². The average molecular weight is 184 g/mol. The molecule has 0 spiro atoms. The molecule has 0 radical (unpaired) electrons. The van der Waals surface area contributed by atoms with Gasteiger partial charge in [-0.15, -0.1) is 0 Å². The van der Waals surface area contributed by atoms with Gasteiger partial charge < -0.3 is 10.6 Å². The van der Waals surface area contributed by atoms with Crippen molar-refractivity contribution in [3.8, 4) is 0 Å². The first-order valence-electron chi connectivity index (χ1n) is 5.75. The second kappa shape index (κ2) is 5.61. The summed E-state index contributed by atoms with van der Waals surface area (Å²) in [5, 5.41) is 0. The summed E-state index contributed by atoms with van der Waals surface area (Å²) in [4.78, 5) is 2.62. The molecule has 2 N–H and O–H groups in total. The van der Waals surface area contributed by atoms with E-state index in [2.05, 4.69) is 18.7 Å². The Kier molecular flexibility index (Phi) is 4.74. The Labute approximate surface area is 82.5 Å². The maximum atomic E-state index is 5.62. The number of hydrogen-bond acceptors (Lipinski definition) is 2. The molecule has 1 atom stereocenters. The molecular weight excluding hydrogens is 160 g/mol. The molecule has 1 aliphatic carbocycles. The van der Waals surface area contributed by atoms with Gasteiger partial charge in [-0.1, -0.05) is 13.8 Å². The quantitative estimate of drug-likeness (QED) is 0.654. The van der Waals surface area contributed by atoms with Gasteiger partial charge in [0.15, 0.2) is 0 Å². The Morgan fingerprint density at radius 1 is 1.38 bits per heavy atom. The third-order valence-electron chi connectivity index (χ3n) is 3.08. The van der Waals surface area contributed by atoms with Crippen molar-refractivity contribution < 1.29 is 0 Å². The first-order chi connectivity index (χ1) is 6.31. The van der Waals surface area contributed by atoms with E-state index in [1.807, 2.05) is 0 Å². The van der Waals surface area contributed by atoms with Crippen LogP contribution in [0, 0.1) is 5.92 Å². The zero-order valence-corrected chi connectivity index (χ0v) is 9.13. The van der Waals surface area contributed by atoms with Crippen LogP contribution in [-0.2, 0) is 0 Å². The van der Waals surface area contributed by atoms with Crippen molar-refractivity contribution in [3.05, 3.63) is 0 Å². The van der Waals surface area contributed by atoms with E-state index in [9.17, 15) is 0 Å². The molecule has 78 valence electrons. The van der Waals surface area contributed by atoms with E-state index in [4.69, 9.17) is 5.73 Å². The Balaban J connectivity index is 2.30. The molecule has 1 saturated carbocycles. The number of nitrogens with zero attached hydrogens (tertiary/aromatic N) is 1. The highest BCUT2D eigenvalue weighted by Gasteiger charge is 2.26. The molecule has 1 fully saturated rings. The van der Waals surface area contributed by atoms with Crippen LogP contribution in [0.4, 0.5) is 0 Å². The highest BCUT2D eigenvalue weighted by Crippen LogP contribution is 2.30. The summed E-state index contributed by atoms with van der Waals surface area (Å²) in [5.74, 6) is 1.01. The van der Waals surface area contributed by atoms with E-state index in [0.717, 1.165) is 24.9 Å². The second-order valence-corrected chi connectivity index (χ2v) is 4.17. The van der Waals surface area contributed by atoms with Gasteiger partial charge in [-0.05, 0) is 44.7 Å². The van der Waals surface area contributed by atoms with Crippen molar-refractivity contribution in [1.29, 1.82) is 0 Å². The summed E-state index contributed by atoms with van der Waals surface area (Å²) in [6, 6.07) is 0.732. The third kappa shape index (κ3) is 3.65. The van der Waals surface area contributed by atoms with Crippen LogP contribution in [0.3, 0.4) is 0 Å². The van der Waals surface area contributed by atoms with Crippen LogP contribution < -0.4 is 5.73 Å². The zero-order chi connectivity index (χ0) is 9.68. The van der Waals surface area contributed by atoms with Gasteiger partial charge >= 0.3 is 0 Å². The summed E-state index contributed by atoms with van der Waals surface area (Å²) in [5.41, 5.74) is 5.62. The van der Waals surface area contributed by atoms with Crippen molar-refractivity contribution in [2.45, 2.75) is 45.6 Å². The van der Waals surface area contributed by atoms with Gasteiger partial charge in [0.25, 0.3) is 0 Å². The minimum Gasteiger partial charge on any atom is -0.330 e. The van der Waals surface area contributed by atoms with Gasteiger partial charge in [-0.25, -0.2) is 0 Å². The number of nitrogens with two attached hydrogens (primary N) is 1. The number of hydrogen-bond donors (Lipinski definition) is 1. The predicted octanol–water partition coefficient (Wildman–Crippen LogP) is 1.85. The molecule has 1 aliphatic rings. The first-order valence-corrected chi connectivity index (χ1v) is 5.75. The molecule has 0 saturated heterocycles. The van der Waals surface area contributed by atoms with Gasteiger partial charge in [-0.2, -0.15) is 0 Å². The monoisotopic (exact) mass is 184 g/mol. The highest BCUT2D eigenvalue weighted by molar-refractivity contribution is 4.80. The van der Waals surface area contributed by atoms with Crippen LogP contribution in [0.15, 0.2) is 0 Å². The Bertz CT molecular complexity index is 132. The maximum Gasteiger partial charge on any atom is 0.0105 e. The molecule has 0 aromatic heterocycles. The van der Waals surface area contributed by atoms with Gasteiger partial charge in [0.2, 0.25) is 0 Å². The summed E-state index contributed by atoms with van der Waals surface area (Å²) < 4.78 is 0. The Hall–Kier alpha value is -0.0800. The van der Waals surface area contributed by atoms with E-state index in [0.29, 0.717) is 0 Å². The van der Waals surface area contributed by atoms with E-state index < -0.39 is 0 Å². The fraction of sp³-hybridized carbons (Fsp3) is 1.00. The van der Waals surface area contributed by atoms with Crippen LogP contribution in [0.1, 0.15) is 39.5 Å². The molecule has 0 heterocycles. The van der Waals surface area contributed by atoms with Crippen molar-refractivity contribution in [2.75, 3.05) is 19.6 Å². The maximum absolute atomic E-state index is 5.62. The summed E-state index contributed by atoms with van der Waals surface area (Å²) >= 11 is 0. The van der Waals surface area contributed by atoms with Crippen LogP contribution in [0.2, 0.25) is 0 Å². The van der Waals surface area contributed by atoms with Crippen molar-refractivity contribution in [3.63, 3.8) is 0 Å². The fourth-order valence-corrected chi connectivity index (χ4v) is 2.01. The highest BCUT2D eigenvalue weighted by atomic mass is 15.2. The minimum absolute atomic E-state index is 0.732. The van der Waals surface area contributed by atoms with E-state index in [1.54, 1.807) is 0 Å². The van der Waals surface area contributed by atoms with Gasteiger partial charge in [0.1, 0.15) is 0 Å². The third-order valence-corrected chi connectivity index (χ3v) is 3.08. The lowest BCUT2D eigenvalue weighted by Gasteiger charge is -2.29. The normalized spacial score (nSPS) is 19.4. The molecule has 0 bridgehead atoms. The van der Waals surface area contributed by atoms with Crippen LogP contribution in [0.25, 0.3) is 0 Å². The lowest BCUT2D eigenvalue weighted by Crippen LogP contribution is -2.37. The average Bonchev–Trinajstić information content (AvgIpc) is 2.94. The molecule has 0 aliphatic heterocycles. The summed E-state index contributed by atoms with van der Waals surface area (Å²) in [6.45, 7) is 7.88. The van der Waals surface area contributed by atoms with Crippen molar-refractivity contribution in [2.24, 2.45) is 11.7 Å². The van der Waals surface area contributed by atoms with Gasteiger partial charge in [-0.3, -0.25) is 0 Å². The van der Waals surface area contributed by atoms with E-state index in [-0.39, 0.29) is 0 Å². The van der Waals surface area contributed by atoms with Crippen LogP contribution >= 0.6 is 0 Å². The molecule has 0 amide bonds. The van der Waals surface area contributed by atoms with E-state index in [1.165, 1.54) is 32.4 Å². The van der Waals surface area contributed by atoms with Gasteiger partial charge in [0.05, 0.1) is 0 Å². The van der Waals surface area contributed by atoms with Crippen LogP contribution in [-0.4, -0.2) is 30.6 Å².